The molecule has 0 spiro atoms. The number of esters is 1. The molecule has 0 N–H and O–H groups in total. The number of fused-ring (bicyclic) bond motifs is 5. The van der Waals surface area contributed by atoms with Gasteiger partial charge >= 0.3 is 5.97 Å². The number of rotatable bonds is 1. The van der Waals surface area contributed by atoms with E-state index in [1.165, 1.54) is 12.8 Å². The molecule has 3 rings (SSSR count). The molecule has 0 amide bonds. The third-order valence-corrected chi connectivity index (χ3v) is 5.65. The first-order chi connectivity index (χ1) is 7.58. The van der Waals surface area contributed by atoms with Crippen molar-refractivity contribution in [3.63, 3.8) is 0 Å². The number of ether oxygens (including phenoxy) is 1. The summed E-state index contributed by atoms with van der Waals surface area (Å²) in [5, 5.41) is 0. The Morgan fingerprint density at radius 2 is 1.88 bits per heavy atom. The molecule has 0 radical (unpaired) electrons. The van der Waals surface area contributed by atoms with Gasteiger partial charge in [-0.2, -0.15) is 0 Å². The van der Waals surface area contributed by atoms with Crippen molar-refractivity contribution in [1.82, 2.24) is 0 Å². The van der Waals surface area contributed by atoms with Crippen LogP contribution < -0.4 is 0 Å². The lowest BCUT2D eigenvalue weighted by molar-refractivity contribution is -0.150. The van der Waals surface area contributed by atoms with E-state index in [9.17, 15) is 4.79 Å². The zero-order valence-electron chi connectivity index (χ0n) is 10.5. The van der Waals surface area contributed by atoms with Crippen molar-refractivity contribution in [2.75, 3.05) is 0 Å². The minimum Gasteiger partial charge on any atom is -0.462 e. The van der Waals surface area contributed by atoms with Gasteiger partial charge < -0.3 is 4.74 Å². The molecule has 16 heavy (non-hydrogen) atoms. The standard InChI is InChI=1S/C14H22O2/c1-7-4-11-10-5-12(14(11)8(7)2)13(6-10)16-9(3)15/h7-8,10-14H,4-6H2,1-3H3. The highest BCUT2D eigenvalue weighted by Gasteiger charge is 2.58. The van der Waals surface area contributed by atoms with Crippen molar-refractivity contribution >= 4 is 5.97 Å². The summed E-state index contributed by atoms with van der Waals surface area (Å²) in [5.74, 6) is 4.94. The Labute approximate surface area is 97.7 Å². The summed E-state index contributed by atoms with van der Waals surface area (Å²) in [6, 6.07) is 0. The summed E-state index contributed by atoms with van der Waals surface area (Å²) in [4.78, 5) is 11.1. The van der Waals surface area contributed by atoms with Crippen molar-refractivity contribution in [3.8, 4) is 0 Å². The second-order valence-electron chi connectivity index (χ2n) is 6.36. The van der Waals surface area contributed by atoms with Crippen LogP contribution >= 0.6 is 0 Å². The molecule has 2 bridgehead atoms. The summed E-state index contributed by atoms with van der Waals surface area (Å²) in [5.41, 5.74) is 0. The van der Waals surface area contributed by atoms with Crippen molar-refractivity contribution in [2.24, 2.45) is 35.5 Å². The van der Waals surface area contributed by atoms with Crippen LogP contribution in [-0.2, 0) is 9.53 Å². The Hall–Kier alpha value is -0.530. The maximum absolute atomic E-state index is 11.1. The smallest absolute Gasteiger partial charge is 0.302 e. The van der Waals surface area contributed by atoms with E-state index in [0.29, 0.717) is 5.92 Å². The van der Waals surface area contributed by atoms with Crippen molar-refractivity contribution < 1.29 is 9.53 Å². The van der Waals surface area contributed by atoms with Gasteiger partial charge in [0, 0.05) is 6.92 Å². The van der Waals surface area contributed by atoms with Gasteiger partial charge in [-0.25, -0.2) is 0 Å². The molecule has 2 heteroatoms. The van der Waals surface area contributed by atoms with Crippen LogP contribution in [0.5, 0.6) is 0 Å². The lowest BCUT2D eigenvalue weighted by Gasteiger charge is -2.33. The average Bonchev–Trinajstić information content (AvgIpc) is 2.80. The van der Waals surface area contributed by atoms with E-state index in [1.807, 2.05) is 0 Å². The van der Waals surface area contributed by atoms with E-state index in [4.69, 9.17) is 4.74 Å². The Morgan fingerprint density at radius 1 is 1.12 bits per heavy atom. The van der Waals surface area contributed by atoms with Gasteiger partial charge in [0.2, 0.25) is 0 Å². The van der Waals surface area contributed by atoms with E-state index >= 15 is 0 Å². The molecule has 0 aromatic rings. The normalized spacial score (nSPS) is 54.1. The highest BCUT2D eigenvalue weighted by molar-refractivity contribution is 5.66. The topological polar surface area (TPSA) is 26.3 Å². The number of hydrogen-bond donors (Lipinski definition) is 0. The quantitative estimate of drug-likeness (QED) is 0.638. The molecule has 3 fully saturated rings. The van der Waals surface area contributed by atoms with E-state index in [0.717, 1.165) is 36.0 Å². The first-order valence-corrected chi connectivity index (χ1v) is 6.75. The van der Waals surface area contributed by atoms with Crippen LogP contribution in [0, 0.1) is 35.5 Å². The average molecular weight is 222 g/mol. The third-order valence-electron chi connectivity index (χ3n) is 5.65. The molecule has 2 nitrogen and oxygen atoms in total. The third kappa shape index (κ3) is 1.34. The monoisotopic (exact) mass is 222 g/mol. The summed E-state index contributed by atoms with van der Waals surface area (Å²) in [7, 11) is 0. The molecular weight excluding hydrogens is 200 g/mol. The molecule has 0 saturated heterocycles. The maximum atomic E-state index is 11.1. The molecule has 90 valence electrons. The van der Waals surface area contributed by atoms with Gasteiger partial charge in [0.25, 0.3) is 0 Å². The van der Waals surface area contributed by atoms with E-state index in [2.05, 4.69) is 13.8 Å². The van der Waals surface area contributed by atoms with Gasteiger partial charge in [-0.05, 0) is 54.8 Å². The maximum Gasteiger partial charge on any atom is 0.302 e. The van der Waals surface area contributed by atoms with Crippen LogP contribution in [0.3, 0.4) is 0 Å². The van der Waals surface area contributed by atoms with Crippen LogP contribution in [0.25, 0.3) is 0 Å². The Morgan fingerprint density at radius 3 is 2.56 bits per heavy atom. The summed E-state index contributed by atoms with van der Waals surface area (Å²) in [6.07, 6.45) is 4.13. The Bertz CT molecular complexity index is 312. The lowest BCUT2D eigenvalue weighted by Crippen LogP contribution is -2.33. The van der Waals surface area contributed by atoms with Gasteiger partial charge in [0.15, 0.2) is 0 Å². The molecule has 0 heterocycles. The minimum absolute atomic E-state index is 0.0900. The fraction of sp³-hybridized carbons (Fsp3) is 0.929. The van der Waals surface area contributed by atoms with E-state index in [-0.39, 0.29) is 12.1 Å². The van der Waals surface area contributed by atoms with Crippen LogP contribution in [0.1, 0.15) is 40.0 Å². The number of hydrogen-bond acceptors (Lipinski definition) is 2. The van der Waals surface area contributed by atoms with Gasteiger partial charge in [-0.1, -0.05) is 13.8 Å². The number of carbonyl (C=O) groups is 1. The van der Waals surface area contributed by atoms with Crippen molar-refractivity contribution in [2.45, 2.75) is 46.1 Å². The van der Waals surface area contributed by atoms with Crippen LogP contribution in [-0.4, -0.2) is 12.1 Å². The second kappa shape index (κ2) is 3.48. The molecule has 7 atom stereocenters. The highest BCUT2D eigenvalue weighted by atomic mass is 16.5. The zero-order chi connectivity index (χ0) is 11.4. The molecule has 7 unspecified atom stereocenters. The van der Waals surface area contributed by atoms with Gasteiger partial charge in [0.05, 0.1) is 0 Å². The predicted molar refractivity (Wildman–Crippen MR) is 61.7 cm³/mol. The highest BCUT2D eigenvalue weighted by Crippen LogP contribution is 2.62. The van der Waals surface area contributed by atoms with Crippen LogP contribution in [0.2, 0.25) is 0 Å². The predicted octanol–water partition coefficient (Wildman–Crippen LogP) is 2.87. The van der Waals surface area contributed by atoms with Gasteiger partial charge in [-0.3, -0.25) is 4.79 Å². The Kier molecular flexibility index (Phi) is 2.31. The van der Waals surface area contributed by atoms with Gasteiger partial charge in [0.1, 0.15) is 6.10 Å². The molecule has 0 aromatic heterocycles. The Balaban J connectivity index is 1.78. The fourth-order valence-electron chi connectivity index (χ4n) is 4.96. The summed E-state index contributed by atoms with van der Waals surface area (Å²) >= 11 is 0. The molecular formula is C14H22O2. The molecule has 3 aliphatic rings. The van der Waals surface area contributed by atoms with Crippen LogP contribution in [0.15, 0.2) is 0 Å². The second-order valence-corrected chi connectivity index (χ2v) is 6.36. The zero-order valence-corrected chi connectivity index (χ0v) is 10.5. The van der Waals surface area contributed by atoms with Crippen molar-refractivity contribution in [3.05, 3.63) is 0 Å². The van der Waals surface area contributed by atoms with E-state index in [1.54, 1.807) is 6.92 Å². The summed E-state index contributed by atoms with van der Waals surface area (Å²) in [6.45, 7) is 6.34. The first-order valence-electron chi connectivity index (χ1n) is 6.75. The SMILES string of the molecule is CC(=O)OC1CC2CC1C1C(C)C(C)CC21. The molecule has 3 aliphatic carbocycles. The fourth-order valence-corrected chi connectivity index (χ4v) is 4.96. The molecule has 3 saturated carbocycles. The first kappa shape index (κ1) is 10.6. The van der Waals surface area contributed by atoms with Gasteiger partial charge in [-0.15, -0.1) is 0 Å². The van der Waals surface area contributed by atoms with Crippen molar-refractivity contribution in [1.29, 1.82) is 0 Å². The van der Waals surface area contributed by atoms with Crippen LogP contribution in [0.4, 0.5) is 0 Å². The molecule has 0 aliphatic heterocycles. The van der Waals surface area contributed by atoms with E-state index < -0.39 is 0 Å². The summed E-state index contributed by atoms with van der Waals surface area (Å²) < 4.78 is 5.50. The largest absolute Gasteiger partial charge is 0.462 e. The molecule has 0 aromatic carbocycles. The lowest BCUT2D eigenvalue weighted by atomic mass is 9.76. The minimum atomic E-state index is -0.0900. The number of carbonyl (C=O) groups excluding carboxylic acids is 1.